The third-order valence-electron chi connectivity index (χ3n) is 10.4. The maximum atomic E-state index is 14.3. The molecule has 0 aliphatic rings. The molecule has 0 fully saturated rings. The summed E-state index contributed by atoms with van der Waals surface area (Å²) in [6, 6.07) is 19.0. The van der Waals surface area contributed by atoms with Crippen molar-refractivity contribution < 1.29 is 52.5 Å². The van der Waals surface area contributed by atoms with Crippen LogP contribution in [-0.4, -0.2) is 76.8 Å². The molecule has 20 heteroatoms. The zero-order valence-corrected chi connectivity index (χ0v) is 41.9. The second kappa shape index (κ2) is 26.2. The van der Waals surface area contributed by atoms with Crippen molar-refractivity contribution in [2.24, 2.45) is 10.7 Å². The number of amides is 7. The third-order valence-corrected chi connectivity index (χ3v) is 10.4. The van der Waals surface area contributed by atoms with Crippen molar-refractivity contribution in [3.8, 4) is 0 Å². The Hall–Kier alpha value is -7.90. The molecule has 7 amide bonds. The lowest BCUT2D eigenvalue weighted by molar-refractivity contribution is -0.123. The van der Waals surface area contributed by atoms with Crippen LogP contribution in [0.2, 0.25) is 0 Å². The monoisotopic (exact) mass is 981 g/mol. The van der Waals surface area contributed by atoms with Gasteiger partial charge in [-0.15, -0.1) is 4.99 Å². The van der Waals surface area contributed by atoms with Gasteiger partial charge < -0.3 is 56.2 Å². The summed E-state index contributed by atoms with van der Waals surface area (Å²) >= 11 is 0. The molecule has 0 radical (unpaired) electrons. The molecule has 0 saturated carbocycles. The number of carbonyl (C=O) groups is 7. The van der Waals surface area contributed by atoms with Crippen LogP contribution in [0, 0.1) is 0 Å². The van der Waals surface area contributed by atoms with Gasteiger partial charge in [0, 0.05) is 26.2 Å². The molecule has 20 nitrogen and oxygen atoms in total. The first-order valence-electron chi connectivity index (χ1n) is 23.3. The number of nitrogens with two attached hydrogens (primary N) is 1. The maximum Gasteiger partial charge on any atom is 0.437 e. The fourth-order valence-corrected chi connectivity index (χ4v) is 7.39. The molecule has 0 aliphatic carbocycles. The highest BCUT2D eigenvalue weighted by atomic mass is 16.6. The third kappa shape index (κ3) is 18.2. The van der Waals surface area contributed by atoms with Crippen LogP contribution in [0.3, 0.4) is 0 Å². The van der Waals surface area contributed by atoms with E-state index < -0.39 is 71.8 Å². The second-order valence-electron chi connectivity index (χ2n) is 18.1. The van der Waals surface area contributed by atoms with Crippen molar-refractivity contribution >= 4 is 48.1 Å². The van der Waals surface area contributed by atoms with E-state index in [4.69, 9.17) is 24.7 Å². The molecule has 1 atom stereocenters. The SMILES string of the molecule is CCc1c(CNC(=O)OC(C)(C)C)c(CC)c(CNC(=O)[C@H](CNC(=O)c2ccc(C(=O)N/C(N)=N/C(=O)OCc3ccccc3)[nH]2)NC(=O)OCc2ccccc2)c(CC)c1CNC(=O)OC(C)(C)C. The molecule has 0 spiro atoms. The predicted octanol–water partition coefficient (Wildman–Crippen LogP) is 6.47. The summed E-state index contributed by atoms with van der Waals surface area (Å²) in [7, 11) is 0. The average molecular weight is 982 g/mol. The van der Waals surface area contributed by atoms with Crippen LogP contribution >= 0.6 is 0 Å². The summed E-state index contributed by atoms with van der Waals surface area (Å²) < 4.78 is 21.6. The van der Waals surface area contributed by atoms with Gasteiger partial charge in [0.15, 0.2) is 0 Å². The van der Waals surface area contributed by atoms with Gasteiger partial charge in [-0.2, -0.15) is 0 Å². The van der Waals surface area contributed by atoms with Crippen molar-refractivity contribution in [2.45, 2.75) is 132 Å². The number of carbonyl (C=O) groups excluding carboxylic acids is 7. The highest BCUT2D eigenvalue weighted by Crippen LogP contribution is 2.31. The van der Waals surface area contributed by atoms with Crippen LogP contribution in [0.15, 0.2) is 77.8 Å². The molecule has 0 aliphatic heterocycles. The van der Waals surface area contributed by atoms with Gasteiger partial charge in [-0.1, -0.05) is 81.4 Å². The molecule has 4 rings (SSSR count). The number of nitrogens with zero attached hydrogens (tertiary/aromatic N) is 1. The summed E-state index contributed by atoms with van der Waals surface area (Å²) in [5.74, 6) is -2.79. The van der Waals surface area contributed by atoms with Gasteiger partial charge >= 0.3 is 24.4 Å². The van der Waals surface area contributed by atoms with Gasteiger partial charge in [-0.3, -0.25) is 19.7 Å². The predicted molar refractivity (Wildman–Crippen MR) is 265 cm³/mol. The van der Waals surface area contributed by atoms with E-state index in [1.165, 1.54) is 12.1 Å². The highest BCUT2D eigenvalue weighted by molar-refractivity contribution is 6.07. The number of benzene rings is 3. The van der Waals surface area contributed by atoms with Gasteiger partial charge in [0.05, 0.1) is 0 Å². The average Bonchev–Trinajstić information content (AvgIpc) is 3.82. The molecule has 1 heterocycles. The lowest BCUT2D eigenvalue weighted by Gasteiger charge is -2.28. The number of guanidine groups is 1. The number of nitrogens with one attached hydrogen (secondary N) is 7. The fraction of sp³-hybridized carbons (Fsp3) is 0.412. The van der Waals surface area contributed by atoms with Crippen molar-refractivity contribution in [1.82, 2.24) is 36.9 Å². The van der Waals surface area contributed by atoms with Gasteiger partial charge in [0.25, 0.3) is 11.8 Å². The minimum atomic E-state index is -1.38. The Labute approximate surface area is 414 Å². The number of hydrogen-bond acceptors (Lipinski definition) is 11. The summed E-state index contributed by atoms with van der Waals surface area (Å²) in [5.41, 5.74) is 10.4. The summed E-state index contributed by atoms with van der Waals surface area (Å²) in [6.07, 6.45) is -1.67. The molecule has 0 unspecified atom stereocenters. The minimum Gasteiger partial charge on any atom is -0.445 e. The highest BCUT2D eigenvalue weighted by Gasteiger charge is 2.28. The number of H-pyrrole nitrogens is 1. The van der Waals surface area contributed by atoms with E-state index in [-0.39, 0.29) is 44.2 Å². The number of aliphatic imine (C=N–C) groups is 1. The van der Waals surface area contributed by atoms with Crippen LogP contribution < -0.4 is 37.6 Å². The lowest BCUT2D eigenvalue weighted by atomic mass is 9.83. The first-order valence-corrected chi connectivity index (χ1v) is 23.3. The first kappa shape index (κ1) is 55.7. The van der Waals surface area contributed by atoms with Gasteiger partial charge in [0.2, 0.25) is 11.9 Å². The van der Waals surface area contributed by atoms with E-state index in [9.17, 15) is 33.6 Å². The molecule has 0 saturated heterocycles. The van der Waals surface area contributed by atoms with E-state index in [0.717, 1.165) is 38.9 Å². The Balaban J connectivity index is 1.58. The largest absolute Gasteiger partial charge is 0.445 e. The lowest BCUT2D eigenvalue weighted by Crippen LogP contribution is -2.52. The summed E-state index contributed by atoms with van der Waals surface area (Å²) in [5, 5.41) is 16.1. The van der Waals surface area contributed by atoms with E-state index in [1.807, 2.05) is 32.9 Å². The topological polar surface area (TPSA) is 283 Å². The molecule has 382 valence electrons. The second-order valence-corrected chi connectivity index (χ2v) is 18.1. The van der Waals surface area contributed by atoms with Crippen LogP contribution in [-0.2, 0) is 75.9 Å². The fourth-order valence-electron chi connectivity index (χ4n) is 7.39. The van der Waals surface area contributed by atoms with Crippen LogP contribution in [0.1, 0.15) is 128 Å². The normalized spacial score (nSPS) is 11.9. The molecule has 71 heavy (non-hydrogen) atoms. The molecular weight excluding hydrogens is 915 g/mol. The number of aromatic nitrogens is 1. The van der Waals surface area contributed by atoms with E-state index >= 15 is 0 Å². The summed E-state index contributed by atoms with van der Waals surface area (Å²) in [4.78, 5) is 98.2. The smallest absolute Gasteiger partial charge is 0.437 e. The first-order chi connectivity index (χ1) is 33.6. The molecule has 0 bridgehead atoms. The molecule has 1 aromatic heterocycles. The Morgan fingerprint density at radius 1 is 0.563 bits per heavy atom. The molecule has 4 aromatic rings. The Bertz CT molecular complexity index is 2470. The molecular formula is C51H67N9O11. The standard InChI is InChI=1S/C51H67N9O11/c1-10-33-36(34(11-2)38(27-56-47(65)71-51(7,8)9)35(12-3)37(33)26-55-46(64)70-50(4,5)6)25-53-43(62)41(58-48(66)68-29-31-19-15-13-16-20-31)28-54-42(61)39-23-24-40(57-39)44(63)59-45(52)60-49(67)69-30-32-21-17-14-18-22-32/h13-24,41,57H,10-12,25-30H2,1-9H3,(H,53,62)(H,54,61)(H,55,64)(H,56,65)(H,58,66)(H3,52,59,60,63,67)/t41-/m0/s1. The van der Waals surface area contributed by atoms with Gasteiger partial charge in [-0.05, 0) is 117 Å². The van der Waals surface area contributed by atoms with Crippen molar-refractivity contribution in [3.05, 3.63) is 129 Å². The van der Waals surface area contributed by atoms with Crippen LogP contribution in [0.4, 0.5) is 19.2 Å². The van der Waals surface area contributed by atoms with Gasteiger partial charge in [-0.25, -0.2) is 19.2 Å². The maximum absolute atomic E-state index is 14.3. The molecule has 3 aromatic carbocycles. The zero-order chi connectivity index (χ0) is 52.3. The number of alkyl carbamates (subject to hydrolysis) is 3. The quantitative estimate of drug-likeness (QED) is 0.0285. The Morgan fingerprint density at radius 3 is 1.45 bits per heavy atom. The van der Waals surface area contributed by atoms with Crippen LogP contribution in [0.25, 0.3) is 0 Å². The number of ether oxygens (including phenoxy) is 4. The van der Waals surface area contributed by atoms with Gasteiger partial charge in [0.1, 0.15) is 41.8 Å². The van der Waals surface area contributed by atoms with Crippen molar-refractivity contribution in [1.29, 1.82) is 0 Å². The number of hydrogen-bond donors (Lipinski definition) is 8. The zero-order valence-electron chi connectivity index (χ0n) is 41.9. The van der Waals surface area contributed by atoms with Crippen molar-refractivity contribution in [2.75, 3.05) is 6.54 Å². The van der Waals surface area contributed by atoms with E-state index in [1.54, 1.807) is 90.1 Å². The van der Waals surface area contributed by atoms with E-state index in [0.29, 0.717) is 24.8 Å². The Kier molecular flexibility index (Phi) is 20.5. The van der Waals surface area contributed by atoms with E-state index in [2.05, 4.69) is 41.9 Å². The Morgan fingerprint density at radius 2 is 1.00 bits per heavy atom. The van der Waals surface area contributed by atoms with Crippen molar-refractivity contribution in [3.63, 3.8) is 0 Å². The van der Waals surface area contributed by atoms with Crippen LogP contribution in [0.5, 0.6) is 0 Å². The minimum absolute atomic E-state index is 0.0501. The molecule has 9 N–H and O–H groups in total. The summed E-state index contributed by atoms with van der Waals surface area (Å²) in [6.45, 7) is 16.0. The number of aromatic amines is 1. The number of rotatable bonds is 19.